The Hall–Kier alpha value is -1.38. The number of carboxylic acids is 1. The lowest BCUT2D eigenvalue weighted by molar-refractivity contribution is -0.142. The molecule has 8 heteroatoms. The Kier molecular flexibility index (Phi) is 10.8. The zero-order valence-electron chi connectivity index (χ0n) is 11.4. The Bertz CT molecular complexity index is 254. The SMILES string of the molecule is COCCN(CCOC)C(=O)NCCOCC(=O)O. The maximum absolute atomic E-state index is 11.8. The smallest absolute Gasteiger partial charge is 0.329 e. The second-order valence-corrected chi connectivity index (χ2v) is 3.65. The minimum atomic E-state index is -1.03. The van der Waals surface area contributed by atoms with Crippen molar-refractivity contribution in [1.82, 2.24) is 10.2 Å². The van der Waals surface area contributed by atoms with E-state index < -0.39 is 5.97 Å². The lowest BCUT2D eigenvalue weighted by Gasteiger charge is -2.22. The number of ether oxygens (including phenoxy) is 3. The standard InChI is InChI=1S/C11H22N2O6/c1-17-7-4-13(5-8-18-2)11(16)12-3-6-19-9-10(14)15/h3-9H2,1-2H3,(H,12,16)(H,14,15). The van der Waals surface area contributed by atoms with Crippen molar-refractivity contribution in [2.75, 3.05) is 60.3 Å². The summed E-state index contributed by atoms with van der Waals surface area (Å²) >= 11 is 0. The van der Waals surface area contributed by atoms with Crippen LogP contribution in [0.25, 0.3) is 0 Å². The summed E-state index contributed by atoms with van der Waals surface area (Å²) in [4.78, 5) is 23.5. The predicted molar refractivity (Wildman–Crippen MR) is 67.2 cm³/mol. The summed E-state index contributed by atoms with van der Waals surface area (Å²) in [6, 6.07) is -0.256. The summed E-state index contributed by atoms with van der Waals surface area (Å²) in [7, 11) is 3.12. The second kappa shape index (κ2) is 11.7. The summed E-state index contributed by atoms with van der Waals surface area (Å²) in [6.07, 6.45) is 0. The molecule has 0 aromatic carbocycles. The van der Waals surface area contributed by atoms with Gasteiger partial charge in [-0.05, 0) is 0 Å². The number of amides is 2. The lowest BCUT2D eigenvalue weighted by Crippen LogP contribution is -2.44. The van der Waals surface area contributed by atoms with Crippen molar-refractivity contribution in [3.8, 4) is 0 Å². The van der Waals surface area contributed by atoms with Crippen molar-refractivity contribution in [1.29, 1.82) is 0 Å². The quantitative estimate of drug-likeness (QED) is 0.489. The van der Waals surface area contributed by atoms with Crippen LogP contribution < -0.4 is 5.32 Å². The molecule has 0 aliphatic heterocycles. The number of methoxy groups -OCH3 is 2. The van der Waals surface area contributed by atoms with E-state index in [1.54, 1.807) is 19.1 Å². The van der Waals surface area contributed by atoms with E-state index in [1.807, 2.05) is 0 Å². The van der Waals surface area contributed by atoms with Crippen LogP contribution in [0, 0.1) is 0 Å². The van der Waals surface area contributed by atoms with Gasteiger partial charge in [0.15, 0.2) is 0 Å². The van der Waals surface area contributed by atoms with Crippen molar-refractivity contribution < 1.29 is 28.9 Å². The fraction of sp³-hybridized carbons (Fsp3) is 0.818. The lowest BCUT2D eigenvalue weighted by atomic mass is 10.5. The molecule has 0 aliphatic carbocycles. The zero-order chi connectivity index (χ0) is 14.5. The van der Waals surface area contributed by atoms with Gasteiger partial charge in [-0.25, -0.2) is 9.59 Å². The summed E-state index contributed by atoms with van der Waals surface area (Å²) in [5.41, 5.74) is 0. The van der Waals surface area contributed by atoms with E-state index in [9.17, 15) is 9.59 Å². The summed E-state index contributed by atoms with van der Waals surface area (Å²) in [6.45, 7) is 1.83. The van der Waals surface area contributed by atoms with Crippen LogP contribution in [0.5, 0.6) is 0 Å². The molecule has 8 nitrogen and oxygen atoms in total. The maximum Gasteiger partial charge on any atom is 0.329 e. The largest absolute Gasteiger partial charge is 0.480 e. The molecule has 2 amide bonds. The monoisotopic (exact) mass is 278 g/mol. The summed E-state index contributed by atoms with van der Waals surface area (Å²) in [5, 5.41) is 11.0. The van der Waals surface area contributed by atoms with Crippen LogP contribution in [0.15, 0.2) is 0 Å². The summed E-state index contributed by atoms with van der Waals surface area (Å²) < 4.78 is 14.6. The van der Waals surface area contributed by atoms with Gasteiger partial charge in [-0.15, -0.1) is 0 Å². The van der Waals surface area contributed by atoms with E-state index in [0.29, 0.717) is 26.3 Å². The predicted octanol–water partition coefficient (Wildman–Crippen LogP) is -0.608. The van der Waals surface area contributed by atoms with E-state index >= 15 is 0 Å². The van der Waals surface area contributed by atoms with E-state index in [-0.39, 0.29) is 25.8 Å². The highest BCUT2D eigenvalue weighted by Gasteiger charge is 2.12. The number of carbonyl (C=O) groups is 2. The number of carboxylic acid groups (broad SMARTS) is 1. The molecule has 112 valence electrons. The van der Waals surface area contributed by atoms with Crippen molar-refractivity contribution in [2.45, 2.75) is 0 Å². The van der Waals surface area contributed by atoms with Crippen molar-refractivity contribution in [3.05, 3.63) is 0 Å². The Morgan fingerprint density at radius 2 is 1.68 bits per heavy atom. The molecule has 0 aromatic heterocycles. The third kappa shape index (κ3) is 10.2. The first-order valence-electron chi connectivity index (χ1n) is 5.92. The van der Waals surface area contributed by atoms with Gasteiger partial charge < -0.3 is 29.5 Å². The van der Waals surface area contributed by atoms with E-state index in [1.165, 1.54) is 0 Å². The molecule has 0 unspecified atom stereocenters. The highest BCUT2D eigenvalue weighted by Crippen LogP contribution is 1.90. The van der Waals surface area contributed by atoms with Gasteiger partial charge >= 0.3 is 12.0 Å². The first-order chi connectivity index (χ1) is 9.11. The average molecular weight is 278 g/mol. The van der Waals surface area contributed by atoms with Crippen LogP contribution in [0.3, 0.4) is 0 Å². The Labute approximate surface area is 112 Å². The Morgan fingerprint density at radius 1 is 1.11 bits per heavy atom. The molecular weight excluding hydrogens is 256 g/mol. The molecule has 0 fully saturated rings. The molecule has 0 bridgehead atoms. The van der Waals surface area contributed by atoms with Gasteiger partial charge in [0.05, 0.1) is 19.8 Å². The van der Waals surface area contributed by atoms with Crippen LogP contribution in [-0.2, 0) is 19.0 Å². The normalized spacial score (nSPS) is 10.2. The number of urea groups is 1. The van der Waals surface area contributed by atoms with Gasteiger partial charge in [-0.2, -0.15) is 0 Å². The highest BCUT2D eigenvalue weighted by molar-refractivity contribution is 5.74. The minimum absolute atomic E-state index is 0.153. The van der Waals surface area contributed by atoms with Crippen LogP contribution >= 0.6 is 0 Å². The first-order valence-corrected chi connectivity index (χ1v) is 5.92. The average Bonchev–Trinajstić information content (AvgIpc) is 2.38. The van der Waals surface area contributed by atoms with Crippen LogP contribution in [0.4, 0.5) is 4.79 Å². The fourth-order valence-corrected chi connectivity index (χ4v) is 1.22. The molecule has 0 saturated carbocycles. The molecule has 19 heavy (non-hydrogen) atoms. The van der Waals surface area contributed by atoms with Gasteiger partial charge in [0.25, 0.3) is 0 Å². The molecular formula is C11H22N2O6. The van der Waals surface area contributed by atoms with Crippen LogP contribution in [0.1, 0.15) is 0 Å². The molecule has 0 saturated heterocycles. The molecule has 0 spiro atoms. The van der Waals surface area contributed by atoms with Gasteiger partial charge in [-0.3, -0.25) is 0 Å². The highest BCUT2D eigenvalue weighted by atomic mass is 16.5. The van der Waals surface area contributed by atoms with Crippen molar-refractivity contribution in [2.24, 2.45) is 0 Å². The topological polar surface area (TPSA) is 97.3 Å². The number of carbonyl (C=O) groups excluding carboxylic acids is 1. The van der Waals surface area contributed by atoms with Crippen LogP contribution in [0.2, 0.25) is 0 Å². The van der Waals surface area contributed by atoms with Crippen molar-refractivity contribution >= 4 is 12.0 Å². The number of nitrogens with zero attached hydrogens (tertiary/aromatic N) is 1. The van der Waals surface area contributed by atoms with E-state index in [0.717, 1.165) is 0 Å². The third-order valence-electron chi connectivity index (χ3n) is 2.17. The van der Waals surface area contributed by atoms with Crippen molar-refractivity contribution in [3.63, 3.8) is 0 Å². The number of hydrogen-bond donors (Lipinski definition) is 2. The zero-order valence-corrected chi connectivity index (χ0v) is 11.4. The molecule has 0 radical (unpaired) electrons. The molecule has 0 atom stereocenters. The first kappa shape index (κ1) is 17.6. The summed E-state index contributed by atoms with van der Waals surface area (Å²) in [5.74, 6) is -1.03. The number of nitrogens with one attached hydrogen (secondary N) is 1. The van der Waals surface area contributed by atoms with Gasteiger partial charge in [0, 0.05) is 33.9 Å². The number of rotatable bonds is 11. The molecule has 0 heterocycles. The molecule has 0 aliphatic rings. The molecule has 0 aromatic rings. The van der Waals surface area contributed by atoms with Gasteiger partial charge in [0.1, 0.15) is 6.61 Å². The number of hydrogen-bond acceptors (Lipinski definition) is 5. The number of aliphatic carboxylic acids is 1. The third-order valence-corrected chi connectivity index (χ3v) is 2.17. The van der Waals surface area contributed by atoms with Gasteiger partial charge in [-0.1, -0.05) is 0 Å². The van der Waals surface area contributed by atoms with Gasteiger partial charge in [0.2, 0.25) is 0 Å². The van der Waals surface area contributed by atoms with E-state index in [2.05, 4.69) is 5.32 Å². The van der Waals surface area contributed by atoms with E-state index in [4.69, 9.17) is 19.3 Å². The van der Waals surface area contributed by atoms with Crippen LogP contribution in [-0.4, -0.2) is 82.3 Å². The Morgan fingerprint density at radius 3 is 2.16 bits per heavy atom. The molecule has 2 N–H and O–H groups in total. The molecule has 0 rings (SSSR count). The second-order valence-electron chi connectivity index (χ2n) is 3.65. The Balaban J connectivity index is 3.85. The minimum Gasteiger partial charge on any atom is -0.480 e. The fourth-order valence-electron chi connectivity index (χ4n) is 1.22. The maximum atomic E-state index is 11.8.